The number of nitrogens with zero attached hydrogens (tertiary/aromatic N) is 3. The molecule has 2 N–H and O–H groups in total. The Bertz CT molecular complexity index is 1390. The highest BCUT2D eigenvalue weighted by Gasteiger charge is 2.41. The van der Waals surface area contributed by atoms with Crippen LogP contribution in [0.15, 0.2) is 91.3 Å². The van der Waals surface area contributed by atoms with Crippen molar-refractivity contribution in [1.82, 2.24) is 19.8 Å². The van der Waals surface area contributed by atoms with Gasteiger partial charge in [-0.1, -0.05) is 35.9 Å². The fourth-order valence-electron chi connectivity index (χ4n) is 4.73. The average molecular weight is 512 g/mol. The van der Waals surface area contributed by atoms with Gasteiger partial charge in [0.15, 0.2) is 5.11 Å². The van der Waals surface area contributed by atoms with E-state index >= 15 is 0 Å². The molecule has 2 atom stereocenters. The van der Waals surface area contributed by atoms with E-state index in [0.29, 0.717) is 11.7 Å². The number of aromatic nitrogens is 2. The molecule has 2 aromatic heterocycles. The summed E-state index contributed by atoms with van der Waals surface area (Å²) in [5, 5.41) is 7.05. The van der Waals surface area contributed by atoms with Crippen molar-refractivity contribution in [3.63, 3.8) is 0 Å². The van der Waals surface area contributed by atoms with E-state index in [1.807, 2.05) is 85.9 Å². The van der Waals surface area contributed by atoms with Crippen LogP contribution in [0.25, 0.3) is 5.69 Å². The average Bonchev–Trinajstić information content (AvgIpc) is 3.53. The molecule has 188 valence electrons. The summed E-state index contributed by atoms with van der Waals surface area (Å²) in [7, 11) is 1.67. The maximum atomic E-state index is 12.8. The Kier molecular flexibility index (Phi) is 7.18. The maximum absolute atomic E-state index is 12.8. The summed E-state index contributed by atoms with van der Waals surface area (Å²) < 4.78 is 7.77. The number of carbonyl (C=O) groups excluding carboxylic acids is 1. The lowest BCUT2D eigenvalue weighted by Crippen LogP contribution is -2.33. The van der Waals surface area contributed by atoms with Crippen molar-refractivity contribution in [2.75, 3.05) is 19.0 Å². The standard InChI is InChI=1S/C29H29N5O2S/c1-20-12-14-21(15-13-20)31-26(35)16-19-34-28(27(32-29(34)37)22-8-5-6-17-30-22)24-10-7-18-33(24)23-9-3-4-11-25(23)36-2/h3-15,17-18,27-28H,16,19H2,1-2H3,(H,31,35)(H,32,37). The van der Waals surface area contributed by atoms with E-state index in [4.69, 9.17) is 17.0 Å². The topological polar surface area (TPSA) is 71.4 Å². The summed E-state index contributed by atoms with van der Waals surface area (Å²) in [6.45, 7) is 2.47. The molecule has 5 rings (SSSR count). The second kappa shape index (κ2) is 10.8. The van der Waals surface area contributed by atoms with Crippen LogP contribution in [0.5, 0.6) is 5.75 Å². The number of thiocarbonyl (C=S) groups is 1. The fourth-order valence-corrected chi connectivity index (χ4v) is 5.07. The van der Waals surface area contributed by atoms with Crippen molar-refractivity contribution in [3.8, 4) is 11.4 Å². The minimum absolute atomic E-state index is 0.0631. The van der Waals surface area contributed by atoms with Crippen molar-refractivity contribution < 1.29 is 9.53 Å². The normalized spacial score (nSPS) is 16.9. The molecule has 1 saturated heterocycles. The number of rotatable bonds is 8. The molecular weight excluding hydrogens is 482 g/mol. The van der Waals surface area contributed by atoms with Gasteiger partial charge in [0.25, 0.3) is 0 Å². The van der Waals surface area contributed by atoms with Crippen LogP contribution in [0, 0.1) is 6.92 Å². The number of aryl methyl sites for hydroxylation is 1. The van der Waals surface area contributed by atoms with E-state index < -0.39 is 0 Å². The largest absolute Gasteiger partial charge is 0.495 e. The van der Waals surface area contributed by atoms with Crippen molar-refractivity contribution in [1.29, 1.82) is 0 Å². The minimum atomic E-state index is -0.186. The molecule has 0 bridgehead atoms. The Morgan fingerprint density at radius 3 is 2.59 bits per heavy atom. The molecule has 1 aliphatic heterocycles. The highest BCUT2D eigenvalue weighted by molar-refractivity contribution is 7.80. The molecule has 7 nitrogen and oxygen atoms in total. The summed E-state index contributed by atoms with van der Waals surface area (Å²) in [5.41, 5.74) is 4.76. The number of carbonyl (C=O) groups is 1. The maximum Gasteiger partial charge on any atom is 0.226 e. The molecule has 8 heteroatoms. The van der Waals surface area contributed by atoms with Crippen molar-refractivity contribution in [2.45, 2.75) is 25.4 Å². The molecule has 0 saturated carbocycles. The van der Waals surface area contributed by atoms with Gasteiger partial charge in [-0.15, -0.1) is 0 Å². The molecule has 4 aromatic rings. The lowest BCUT2D eigenvalue weighted by molar-refractivity contribution is -0.116. The van der Waals surface area contributed by atoms with Crippen LogP contribution >= 0.6 is 12.2 Å². The van der Waals surface area contributed by atoms with Gasteiger partial charge in [0.1, 0.15) is 5.75 Å². The zero-order chi connectivity index (χ0) is 25.8. The molecule has 1 fully saturated rings. The van der Waals surface area contributed by atoms with E-state index in [-0.39, 0.29) is 24.4 Å². The predicted molar refractivity (Wildman–Crippen MR) is 149 cm³/mol. The molecule has 1 amide bonds. The molecular formula is C29H29N5O2S. The van der Waals surface area contributed by atoms with E-state index in [9.17, 15) is 4.79 Å². The number of hydrogen-bond donors (Lipinski definition) is 2. The van der Waals surface area contributed by atoms with Crippen LogP contribution in [-0.2, 0) is 4.79 Å². The van der Waals surface area contributed by atoms with Crippen LogP contribution in [0.3, 0.4) is 0 Å². The molecule has 37 heavy (non-hydrogen) atoms. The lowest BCUT2D eigenvalue weighted by atomic mass is 10.0. The van der Waals surface area contributed by atoms with E-state index in [1.54, 1.807) is 13.3 Å². The second-order valence-electron chi connectivity index (χ2n) is 8.96. The van der Waals surface area contributed by atoms with Gasteiger partial charge >= 0.3 is 0 Å². The Balaban J connectivity index is 1.45. The van der Waals surface area contributed by atoms with Crippen LogP contribution in [0.1, 0.15) is 35.5 Å². The number of pyridine rings is 1. The summed E-state index contributed by atoms with van der Waals surface area (Å²) >= 11 is 5.79. The smallest absolute Gasteiger partial charge is 0.226 e. The molecule has 0 spiro atoms. The number of nitrogens with one attached hydrogen (secondary N) is 2. The van der Waals surface area contributed by atoms with Gasteiger partial charge in [-0.3, -0.25) is 9.78 Å². The van der Waals surface area contributed by atoms with Gasteiger partial charge in [0.2, 0.25) is 5.91 Å². The SMILES string of the molecule is COc1ccccc1-n1cccc1C1C(c2ccccn2)NC(=S)N1CCC(=O)Nc1ccc(C)cc1. The summed E-state index contributed by atoms with van der Waals surface area (Å²) in [6.07, 6.45) is 4.09. The van der Waals surface area contributed by atoms with E-state index in [0.717, 1.165) is 34.1 Å². The van der Waals surface area contributed by atoms with Crippen LogP contribution in [0.4, 0.5) is 5.69 Å². The monoisotopic (exact) mass is 511 g/mol. The quantitative estimate of drug-likeness (QED) is 0.317. The number of methoxy groups -OCH3 is 1. The van der Waals surface area contributed by atoms with Gasteiger partial charge in [-0.05, 0) is 67.7 Å². The van der Waals surface area contributed by atoms with Gasteiger partial charge < -0.3 is 24.8 Å². The Morgan fingerprint density at radius 1 is 1.05 bits per heavy atom. The van der Waals surface area contributed by atoms with Crippen molar-refractivity contribution in [2.24, 2.45) is 0 Å². The van der Waals surface area contributed by atoms with Crippen LogP contribution in [0.2, 0.25) is 0 Å². The predicted octanol–water partition coefficient (Wildman–Crippen LogP) is 5.19. The van der Waals surface area contributed by atoms with E-state index in [1.165, 1.54) is 0 Å². The number of ether oxygens (including phenoxy) is 1. The number of benzene rings is 2. The Labute approximate surface area is 222 Å². The third-order valence-corrected chi connectivity index (χ3v) is 6.89. The fraction of sp³-hybridized carbons (Fsp3) is 0.207. The summed E-state index contributed by atoms with van der Waals surface area (Å²) in [5.74, 6) is 0.707. The molecule has 2 unspecified atom stereocenters. The highest BCUT2D eigenvalue weighted by atomic mass is 32.1. The van der Waals surface area contributed by atoms with Crippen molar-refractivity contribution in [3.05, 3.63) is 108 Å². The Morgan fingerprint density at radius 2 is 1.84 bits per heavy atom. The van der Waals surface area contributed by atoms with Gasteiger partial charge in [0, 0.05) is 36.7 Å². The highest BCUT2D eigenvalue weighted by Crippen LogP contribution is 2.40. The third-order valence-electron chi connectivity index (χ3n) is 6.54. The zero-order valence-corrected chi connectivity index (χ0v) is 21.6. The molecule has 2 aromatic carbocycles. The molecule has 0 radical (unpaired) electrons. The second-order valence-corrected chi connectivity index (χ2v) is 9.35. The van der Waals surface area contributed by atoms with Gasteiger partial charge in [-0.25, -0.2) is 0 Å². The first-order valence-corrected chi connectivity index (χ1v) is 12.6. The Hall–Kier alpha value is -4.17. The zero-order valence-electron chi connectivity index (χ0n) is 20.8. The van der Waals surface area contributed by atoms with Crippen LogP contribution < -0.4 is 15.4 Å². The van der Waals surface area contributed by atoms with Gasteiger partial charge in [-0.2, -0.15) is 0 Å². The first-order chi connectivity index (χ1) is 18.0. The molecule has 0 aliphatic carbocycles. The van der Waals surface area contributed by atoms with Crippen LogP contribution in [-0.4, -0.2) is 39.1 Å². The molecule has 3 heterocycles. The number of para-hydroxylation sites is 2. The van der Waals surface area contributed by atoms with E-state index in [2.05, 4.69) is 31.2 Å². The summed E-state index contributed by atoms with van der Waals surface area (Å²) in [6, 6.07) is 25.3. The minimum Gasteiger partial charge on any atom is -0.495 e. The third kappa shape index (κ3) is 5.20. The number of amides is 1. The lowest BCUT2D eigenvalue weighted by Gasteiger charge is -2.29. The molecule has 1 aliphatic rings. The first kappa shape index (κ1) is 24.5. The first-order valence-electron chi connectivity index (χ1n) is 12.2. The van der Waals surface area contributed by atoms with Gasteiger partial charge in [0.05, 0.1) is 30.6 Å². The van der Waals surface area contributed by atoms with Crippen molar-refractivity contribution >= 4 is 28.9 Å². The summed E-state index contributed by atoms with van der Waals surface area (Å²) in [4.78, 5) is 19.6. The number of anilines is 1. The number of hydrogen-bond acceptors (Lipinski definition) is 4.